The van der Waals surface area contributed by atoms with Gasteiger partial charge in [-0.05, 0) is 35.0 Å². The molecule has 1 nitrogen and oxygen atoms in total. The molecule has 1 rings (SSSR count). The fraction of sp³-hybridized carbons (Fsp3) is 0.600. The molecule has 7 heteroatoms. The molecule has 98 valence electrons. The van der Waals surface area contributed by atoms with E-state index in [9.17, 15) is 13.2 Å². The third-order valence-electron chi connectivity index (χ3n) is 2.08. The van der Waals surface area contributed by atoms with Crippen LogP contribution in [0.15, 0.2) is 10.5 Å². The molecule has 1 aromatic rings. The lowest BCUT2D eigenvalue weighted by atomic mass is 10.1. The third kappa shape index (κ3) is 5.16. The van der Waals surface area contributed by atoms with Crippen molar-refractivity contribution in [3.8, 4) is 0 Å². The Bertz CT molecular complexity index is 347. The maximum atomic E-state index is 12.4. The zero-order valence-corrected chi connectivity index (χ0v) is 12.2. The van der Waals surface area contributed by atoms with E-state index in [1.807, 2.05) is 6.92 Å². The SMILES string of the molecule is CCCNC(CC(F)(F)F)c1cc(Br)c(Cl)s1. The molecule has 0 radical (unpaired) electrons. The summed E-state index contributed by atoms with van der Waals surface area (Å²) in [7, 11) is 0. The van der Waals surface area contributed by atoms with Crippen LogP contribution in [0.25, 0.3) is 0 Å². The van der Waals surface area contributed by atoms with Gasteiger partial charge >= 0.3 is 6.18 Å². The molecule has 1 atom stereocenters. The number of nitrogens with one attached hydrogen (secondary N) is 1. The highest BCUT2D eigenvalue weighted by molar-refractivity contribution is 9.10. The van der Waals surface area contributed by atoms with E-state index in [-0.39, 0.29) is 0 Å². The van der Waals surface area contributed by atoms with Crippen molar-refractivity contribution in [3.05, 3.63) is 19.8 Å². The summed E-state index contributed by atoms with van der Waals surface area (Å²) < 4.78 is 38.5. The summed E-state index contributed by atoms with van der Waals surface area (Å²) in [5.74, 6) is 0. The van der Waals surface area contributed by atoms with Crippen LogP contribution in [0.3, 0.4) is 0 Å². The van der Waals surface area contributed by atoms with Crippen molar-refractivity contribution in [2.24, 2.45) is 0 Å². The van der Waals surface area contributed by atoms with E-state index in [4.69, 9.17) is 11.6 Å². The first-order valence-electron chi connectivity index (χ1n) is 5.08. The normalized spacial score (nSPS) is 14.0. The molecule has 0 aromatic carbocycles. The molecule has 0 bridgehead atoms. The van der Waals surface area contributed by atoms with Crippen LogP contribution < -0.4 is 5.32 Å². The quantitative estimate of drug-likeness (QED) is 0.773. The molecular formula is C10H12BrClF3NS. The van der Waals surface area contributed by atoms with Crippen LogP contribution in [-0.2, 0) is 0 Å². The lowest BCUT2D eigenvalue weighted by Gasteiger charge is -2.18. The largest absolute Gasteiger partial charge is 0.390 e. The molecule has 1 N–H and O–H groups in total. The van der Waals surface area contributed by atoms with Crippen molar-refractivity contribution in [1.82, 2.24) is 5.32 Å². The molecule has 0 aliphatic heterocycles. The second-order valence-corrected chi connectivity index (χ2v) is 6.14. The van der Waals surface area contributed by atoms with E-state index >= 15 is 0 Å². The Kier molecular flexibility index (Phi) is 5.76. The Labute approximate surface area is 115 Å². The first kappa shape index (κ1) is 15.3. The Morgan fingerprint density at radius 3 is 2.59 bits per heavy atom. The fourth-order valence-electron chi connectivity index (χ4n) is 1.36. The molecule has 0 saturated carbocycles. The van der Waals surface area contributed by atoms with Gasteiger partial charge in [0.1, 0.15) is 4.34 Å². The summed E-state index contributed by atoms with van der Waals surface area (Å²) in [6, 6.07) is 0.926. The zero-order chi connectivity index (χ0) is 13.1. The van der Waals surface area contributed by atoms with Crippen molar-refractivity contribution < 1.29 is 13.2 Å². The molecule has 0 spiro atoms. The first-order valence-corrected chi connectivity index (χ1v) is 7.07. The van der Waals surface area contributed by atoms with Crippen molar-refractivity contribution in [3.63, 3.8) is 0 Å². The van der Waals surface area contributed by atoms with Gasteiger partial charge < -0.3 is 5.32 Å². The molecule has 0 aliphatic carbocycles. The smallest absolute Gasteiger partial charge is 0.309 e. The van der Waals surface area contributed by atoms with Crippen LogP contribution >= 0.6 is 38.9 Å². The lowest BCUT2D eigenvalue weighted by Crippen LogP contribution is -2.26. The molecule has 1 heterocycles. The van der Waals surface area contributed by atoms with E-state index < -0.39 is 18.6 Å². The highest BCUT2D eigenvalue weighted by Gasteiger charge is 2.33. The summed E-state index contributed by atoms with van der Waals surface area (Å²) in [4.78, 5) is 0.604. The Balaban J connectivity index is 2.81. The summed E-state index contributed by atoms with van der Waals surface area (Å²) in [5, 5.41) is 2.89. The predicted octanol–water partition coefficient (Wildman–Crippen LogP) is 5.16. The highest BCUT2D eigenvalue weighted by Crippen LogP contribution is 2.38. The van der Waals surface area contributed by atoms with Crippen molar-refractivity contribution in [1.29, 1.82) is 0 Å². The standard InChI is InChI=1S/C10H12BrClF3NS/c1-2-3-16-7(5-10(13,14)15)8-4-6(11)9(12)17-8/h4,7,16H,2-3,5H2,1H3. The van der Waals surface area contributed by atoms with E-state index in [0.29, 0.717) is 20.2 Å². The minimum absolute atomic E-state index is 0.477. The molecule has 0 saturated heterocycles. The van der Waals surface area contributed by atoms with Gasteiger partial charge in [-0.15, -0.1) is 11.3 Å². The first-order chi connectivity index (χ1) is 7.83. The molecule has 17 heavy (non-hydrogen) atoms. The second kappa shape index (κ2) is 6.41. The minimum Gasteiger partial charge on any atom is -0.309 e. The van der Waals surface area contributed by atoms with Gasteiger partial charge in [-0.1, -0.05) is 18.5 Å². The van der Waals surface area contributed by atoms with E-state index in [1.54, 1.807) is 6.07 Å². The maximum absolute atomic E-state index is 12.4. The van der Waals surface area contributed by atoms with Gasteiger partial charge in [0.05, 0.1) is 12.5 Å². The highest BCUT2D eigenvalue weighted by atomic mass is 79.9. The van der Waals surface area contributed by atoms with Gasteiger partial charge in [0.2, 0.25) is 0 Å². The molecule has 0 aliphatic rings. The van der Waals surface area contributed by atoms with E-state index in [2.05, 4.69) is 21.2 Å². The number of alkyl halides is 3. The van der Waals surface area contributed by atoms with Crippen LogP contribution in [0.5, 0.6) is 0 Å². The van der Waals surface area contributed by atoms with Gasteiger partial charge in [0.25, 0.3) is 0 Å². The van der Waals surface area contributed by atoms with Gasteiger partial charge in [0, 0.05) is 9.35 Å². The second-order valence-electron chi connectivity index (χ2n) is 3.60. The van der Waals surface area contributed by atoms with E-state index in [0.717, 1.165) is 6.42 Å². The van der Waals surface area contributed by atoms with Crippen LogP contribution in [-0.4, -0.2) is 12.7 Å². The van der Waals surface area contributed by atoms with Crippen LogP contribution in [0, 0.1) is 0 Å². The average Bonchev–Trinajstić information content (AvgIpc) is 2.52. The van der Waals surface area contributed by atoms with Gasteiger partial charge in [-0.3, -0.25) is 0 Å². The van der Waals surface area contributed by atoms with Crippen LogP contribution in [0.1, 0.15) is 30.7 Å². The lowest BCUT2D eigenvalue weighted by molar-refractivity contribution is -0.140. The average molecular weight is 351 g/mol. The van der Waals surface area contributed by atoms with E-state index in [1.165, 1.54) is 11.3 Å². The van der Waals surface area contributed by atoms with Crippen molar-refractivity contribution in [2.45, 2.75) is 32.0 Å². The Morgan fingerprint density at radius 1 is 1.53 bits per heavy atom. The summed E-state index contributed by atoms with van der Waals surface area (Å²) in [6.45, 7) is 2.46. The Morgan fingerprint density at radius 2 is 2.18 bits per heavy atom. The zero-order valence-electron chi connectivity index (χ0n) is 9.07. The molecule has 0 amide bonds. The van der Waals surface area contributed by atoms with Crippen molar-refractivity contribution >= 4 is 38.9 Å². The van der Waals surface area contributed by atoms with Crippen LogP contribution in [0.2, 0.25) is 4.34 Å². The maximum Gasteiger partial charge on any atom is 0.390 e. The number of hydrogen-bond acceptors (Lipinski definition) is 2. The van der Waals surface area contributed by atoms with Crippen molar-refractivity contribution in [2.75, 3.05) is 6.54 Å². The minimum atomic E-state index is -4.19. The number of hydrogen-bond donors (Lipinski definition) is 1. The molecular weight excluding hydrogens is 339 g/mol. The van der Waals surface area contributed by atoms with Crippen LogP contribution in [0.4, 0.5) is 13.2 Å². The third-order valence-corrected chi connectivity index (χ3v) is 4.67. The number of thiophene rings is 1. The topological polar surface area (TPSA) is 12.0 Å². The number of halogens is 5. The van der Waals surface area contributed by atoms with Gasteiger partial charge in [0.15, 0.2) is 0 Å². The number of rotatable bonds is 5. The molecule has 0 fully saturated rings. The Hall–Kier alpha value is 0.220. The fourth-order valence-corrected chi connectivity index (χ4v) is 3.17. The van der Waals surface area contributed by atoms with Gasteiger partial charge in [-0.2, -0.15) is 13.2 Å². The summed E-state index contributed by atoms with van der Waals surface area (Å²) in [5.41, 5.74) is 0. The molecule has 1 aromatic heterocycles. The predicted molar refractivity (Wildman–Crippen MR) is 68.7 cm³/mol. The summed E-state index contributed by atoms with van der Waals surface area (Å²) >= 11 is 10.2. The van der Waals surface area contributed by atoms with Gasteiger partial charge in [-0.25, -0.2) is 0 Å². The summed E-state index contributed by atoms with van der Waals surface area (Å²) in [6.07, 6.45) is -4.28. The molecule has 1 unspecified atom stereocenters. The monoisotopic (exact) mass is 349 g/mol.